The van der Waals surface area contributed by atoms with E-state index in [-0.39, 0.29) is 18.2 Å². The molecule has 7 nitrogen and oxygen atoms in total. The molecule has 1 aromatic heterocycles. The van der Waals surface area contributed by atoms with Gasteiger partial charge in [-0.05, 0) is 42.3 Å². The first-order valence-corrected chi connectivity index (χ1v) is 10.7. The van der Waals surface area contributed by atoms with Gasteiger partial charge in [0.25, 0.3) is 5.91 Å². The maximum absolute atomic E-state index is 13.0. The van der Waals surface area contributed by atoms with Crippen molar-refractivity contribution in [3.8, 4) is 11.5 Å². The number of hydrogen-bond acceptors (Lipinski definition) is 5. The minimum Gasteiger partial charge on any atom is -0.423 e. The van der Waals surface area contributed by atoms with Crippen LogP contribution in [0.2, 0.25) is 5.02 Å². The molecule has 1 heterocycles. The van der Waals surface area contributed by atoms with Crippen LogP contribution in [0.4, 0.5) is 5.69 Å². The van der Waals surface area contributed by atoms with E-state index in [1.165, 1.54) is 6.39 Å². The largest absolute Gasteiger partial charge is 0.423 e. The van der Waals surface area contributed by atoms with Gasteiger partial charge in [-0.25, -0.2) is 0 Å². The van der Waals surface area contributed by atoms with E-state index in [1.807, 2.05) is 49.4 Å². The summed E-state index contributed by atoms with van der Waals surface area (Å²) in [5, 5.41) is 13.8. The first-order valence-electron chi connectivity index (χ1n) is 10.3. The highest BCUT2D eigenvalue weighted by atomic mass is 35.5. The Bertz CT molecular complexity index is 1260. The minimum atomic E-state index is -0.547. The second-order valence-electron chi connectivity index (χ2n) is 7.44. The van der Waals surface area contributed by atoms with Gasteiger partial charge in [-0.2, -0.15) is 0 Å². The molecule has 1 atom stereocenters. The van der Waals surface area contributed by atoms with Crippen LogP contribution in [-0.2, 0) is 4.79 Å². The van der Waals surface area contributed by atoms with E-state index in [0.29, 0.717) is 27.7 Å². The SMILES string of the molecule is Cc1ccc(-c2nnco2)cc1NC(=O)CC(NC(=O)c1ccccc1Cl)c1ccccc1. The molecule has 0 radical (unpaired) electrons. The van der Waals surface area contributed by atoms with Crippen LogP contribution in [-0.4, -0.2) is 22.0 Å². The van der Waals surface area contributed by atoms with Crippen molar-refractivity contribution in [1.82, 2.24) is 15.5 Å². The molecule has 0 aliphatic heterocycles. The summed E-state index contributed by atoms with van der Waals surface area (Å²) in [6.45, 7) is 1.89. The van der Waals surface area contributed by atoms with Gasteiger partial charge in [0.15, 0.2) is 0 Å². The van der Waals surface area contributed by atoms with E-state index in [9.17, 15) is 9.59 Å². The molecule has 166 valence electrons. The molecular formula is C25H21ClN4O3. The number of carbonyl (C=O) groups is 2. The van der Waals surface area contributed by atoms with Crippen molar-refractivity contribution >= 4 is 29.1 Å². The lowest BCUT2D eigenvalue weighted by atomic mass is 10.0. The normalized spacial score (nSPS) is 11.6. The molecule has 2 amide bonds. The Morgan fingerprint density at radius 2 is 1.79 bits per heavy atom. The van der Waals surface area contributed by atoms with E-state index in [1.54, 1.807) is 30.3 Å². The molecule has 0 saturated heterocycles. The maximum atomic E-state index is 13.0. The lowest BCUT2D eigenvalue weighted by Gasteiger charge is -2.20. The monoisotopic (exact) mass is 460 g/mol. The van der Waals surface area contributed by atoms with E-state index in [2.05, 4.69) is 20.8 Å². The number of halogens is 1. The lowest BCUT2D eigenvalue weighted by Crippen LogP contribution is -2.31. The number of benzene rings is 3. The number of rotatable bonds is 7. The van der Waals surface area contributed by atoms with Crippen LogP contribution in [0.3, 0.4) is 0 Å². The number of aromatic nitrogens is 2. The molecule has 0 saturated carbocycles. The van der Waals surface area contributed by atoms with Crippen molar-refractivity contribution in [2.24, 2.45) is 0 Å². The Labute approximate surface area is 195 Å². The molecule has 0 aliphatic carbocycles. The third-order valence-electron chi connectivity index (χ3n) is 5.13. The van der Waals surface area contributed by atoms with Crippen molar-refractivity contribution in [3.05, 3.63) is 101 Å². The summed E-state index contributed by atoms with van der Waals surface area (Å²) >= 11 is 6.18. The highest BCUT2D eigenvalue weighted by Crippen LogP contribution is 2.25. The molecule has 0 fully saturated rings. The van der Waals surface area contributed by atoms with Gasteiger partial charge >= 0.3 is 0 Å². The molecule has 33 heavy (non-hydrogen) atoms. The third-order valence-corrected chi connectivity index (χ3v) is 5.46. The fraction of sp³-hybridized carbons (Fsp3) is 0.120. The average molecular weight is 461 g/mol. The number of nitrogens with zero attached hydrogens (tertiary/aromatic N) is 2. The smallest absolute Gasteiger partial charge is 0.253 e. The van der Waals surface area contributed by atoms with Crippen LogP contribution >= 0.6 is 11.6 Å². The van der Waals surface area contributed by atoms with Crippen molar-refractivity contribution in [1.29, 1.82) is 0 Å². The molecule has 8 heteroatoms. The number of hydrogen-bond donors (Lipinski definition) is 2. The number of anilines is 1. The molecular weight excluding hydrogens is 440 g/mol. The highest BCUT2D eigenvalue weighted by Gasteiger charge is 2.21. The van der Waals surface area contributed by atoms with Crippen LogP contribution in [0.1, 0.15) is 33.9 Å². The summed E-state index contributed by atoms with van der Waals surface area (Å²) in [6, 6.07) is 21.1. The van der Waals surface area contributed by atoms with Gasteiger partial charge in [0.05, 0.1) is 23.0 Å². The number of aryl methyl sites for hydroxylation is 1. The zero-order valence-corrected chi connectivity index (χ0v) is 18.5. The molecule has 0 bridgehead atoms. The molecule has 1 unspecified atom stereocenters. The maximum Gasteiger partial charge on any atom is 0.253 e. The zero-order chi connectivity index (χ0) is 23.2. The second-order valence-corrected chi connectivity index (χ2v) is 7.85. The van der Waals surface area contributed by atoms with Crippen molar-refractivity contribution < 1.29 is 14.0 Å². The summed E-state index contributed by atoms with van der Waals surface area (Å²) in [6.07, 6.45) is 1.28. The van der Waals surface area contributed by atoms with Crippen LogP contribution < -0.4 is 10.6 Å². The lowest BCUT2D eigenvalue weighted by molar-refractivity contribution is -0.116. The Morgan fingerprint density at radius 1 is 1.03 bits per heavy atom. The fourth-order valence-electron chi connectivity index (χ4n) is 3.39. The van der Waals surface area contributed by atoms with Crippen molar-refractivity contribution in [3.63, 3.8) is 0 Å². The summed E-state index contributed by atoms with van der Waals surface area (Å²) in [7, 11) is 0. The van der Waals surface area contributed by atoms with Gasteiger partial charge < -0.3 is 15.1 Å². The number of carbonyl (C=O) groups excluding carboxylic acids is 2. The average Bonchev–Trinajstić information content (AvgIpc) is 3.36. The van der Waals surface area contributed by atoms with Crippen molar-refractivity contribution in [2.45, 2.75) is 19.4 Å². The quantitative estimate of drug-likeness (QED) is 0.395. The standard InChI is InChI=1S/C25H21ClN4O3/c1-16-11-12-18(25-30-27-15-33-25)13-21(16)28-23(31)14-22(17-7-3-2-4-8-17)29-24(32)19-9-5-6-10-20(19)26/h2-13,15,22H,14H2,1H3,(H,28,31)(H,29,32). The van der Waals surface area contributed by atoms with Gasteiger partial charge in [0.2, 0.25) is 18.2 Å². The molecule has 3 aromatic carbocycles. The summed E-state index contributed by atoms with van der Waals surface area (Å²) in [5.74, 6) is -0.245. The molecule has 4 rings (SSSR count). The Hall–Kier alpha value is -3.97. The van der Waals surface area contributed by atoms with Gasteiger partial charge in [-0.15, -0.1) is 10.2 Å². The minimum absolute atomic E-state index is 0.0322. The van der Waals surface area contributed by atoms with Crippen LogP contribution in [0.15, 0.2) is 83.6 Å². The Balaban J connectivity index is 1.53. The van der Waals surface area contributed by atoms with Crippen molar-refractivity contribution in [2.75, 3.05) is 5.32 Å². The number of nitrogens with one attached hydrogen (secondary N) is 2. The summed E-state index contributed by atoms with van der Waals surface area (Å²) < 4.78 is 5.24. The Morgan fingerprint density at radius 3 is 2.52 bits per heavy atom. The van der Waals surface area contributed by atoms with Gasteiger partial charge in [-0.3, -0.25) is 9.59 Å². The van der Waals surface area contributed by atoms with Crippen LogP contribution in [0.5, 0.6) is 0 Å². The van der Waals surface area contributed by atoms with Crippen LogP contribution in [0, 0.1) is 6.92 Å². The van der Waals surface area contributed by atoms with E-state index < -0.39 is 6.04 Å². The zero-order valence-electron chi connectivity index (χ0n) is 17.8. The predicted octanol–water partition coefficient (Wildman–Crippen LogP) is 5.20. The topological polar surface area (TPSA) is 97.1 Å². The van der Waals surface area contributed by atoms with Gasteiger partial charge in [0, 0.05) is 11.3 Å². The highest BCUT2D eigenvalue weighted by molar-refractivity contribution is 6.33. The van der Waals surface area contributed by atoms with E-state index in [0.717, 1.165) is 11.1 Å². The molecule has 0 spiro atoms. The van der Waals surface area contributed by atoms with Gasteiger partial charge in [0.1, 0.15) is 0 Å². The fourth-order valence-corrected chi connectivity index (χ4v) is 3.62. The van der Waals surface area contributed by atoms with Crippen LogP contribution in [0.25, 0.3) is 11.5 Å². The summed E-state index contributed by atoms with van der Waals surface area (Å²) in [4.78, 5) is 25.9. The summed E-state index contributed by atoms with van der Waals surface area (Å²) in [5.41, 5.74) is 3.36. The molecule has 4 aromatic rings. The number of amides is 2. The first kappa shape index (κ1) is 22.2. The third kappa shape index (κ3) is 5.45. The van der Waals surface area contributed by atoms with E-state index in [4.69, 9.17) is 16.0 Å². The molecule has 0 aliphatic rings. The first-order chi connectivity index (χ1) is 16.0. The predicted molar refractivity (Wildman–Crippen MR) is 126 cm³/mol. The van der Waals surface area contributed by atoms with E-state index >= 15 is 0 Å². The Kier molecular flexibility index (Phi) is 6.80. The second kappa shape index (κ2) is 10.1. The molecule has 2 N–H and O–H groups in total. The van der Waals surface area contributed by atoms with Gasteiger partial charge in [-0.1, -0.05) is 60.1 Å².